The van der Waals surface area contributed by atoms with Crippen LogP contribution in [-0.4, -0.2) is 62.6 Å². The molecule has 0 bridgehead atoms. The molecule has 0 aliphatic heterocycles. The zero-order chi connectivity index (χ0) is 21.1. The summed E-state index contributed by atoms with van der Waals surface area (Å²) in [7, 11) is 3.61. The van der Waals surface area contributed by atoms with Gasteiger partial charge in [-0.3, -0.25) is 0 Å². The van der Waals surface area contributed by atoms with Crippen molar-refractivity contribution in [3.05, 3.63) is 54.1 Å². The first-order chi connectivity index (χ1) is 14.0. The third-order valence-electron chi connectivity index (χ3n) is 4.66. The van der Waals surface area contributed by atoms with Crippen LogP contribution in [0.25, 0.3) is 0 Å². The van der Waals surface area contributed by atoms with Crippen molar-refractivity contribution >= 4 is 0 Å². The number of nitrogens with one attached hydrogen (secondary N) is 1. The van der Waals surface area contributed by atoms with Crippen LogP contribution in [0.2, 0.25) is 0 Å². The molecule has 2 rings (SSSR count). The highest BCUT2D eigenvalue weighted by molar-refractivity contribution is 5.43. The van der Waals surface area contributed by atoms with Gasteiger partial charge in [-0.15, -0.1) is 0 Å². The molecule has 0 radical (unpaired) electrons. The Morgan fingerprint density at radius 1 is 1.03 bits per heavy atom. The summed E-state index contributed by atoms with van der Waals surface area (Å²) in [5, 5.41) is 13.5. The average Bonchev–Trinajstić information content (AvgIpc) is 2.73. The molecule has 0 heterocycles. The lowest BCUT2D eigenvalue weighted by molar-refractivity contribution is 0.0668. The van der Waals surface area contributed by atoms with Crippen LogP contribution in [0, 0.1) is 0 Å². The second-order valence-corrected chi connectivity index (χ2v) is 7.32. The van der Waals surface area contributed by atoms with Crippen LogP contribution < -0.4 is 19.5 Å². The maximum Gasteiger partial charge on any atom is 0.161 e. The summed E-state index contributed by atoms with van der Waals surface area (Å²) in [5.41, 5.74) is 1.09. The van der Waals surface area contributed by atoms with Gasteiger partial charge in [0.25, 0.3) is 0 Å². The minimum absolute atomic E-state index is 0.224. The number of para-hydroxylation sites is 1. The van der Waals surface area contributed by atoms with Gasteiger partial charge in [0.05, 0.1) is 7.11 Å². The highest BCUT2D eigenvalue weighted by Gasteiger charge is 2.13. The van der Waals surface area contributed by atoms with E-state index in [4.69, 9.17) is 14.2 Å². The number of hydrogen-bond donors (Lipinski definition) is 2. The fourth-order valence-corrected chi connectivity index (χ4v) is 2.71. The maximum absolute atomic E-state index is 10.2. The van der Waals surface area contributed by atoms with Crippen LogP contribution in [0.5, 0.6) is 17.2 Å². The number of aliphatic hydroxyl groups is 1. The molecule has 0 fully saturated rings. The fourth-order valence-electron chi connectivity index (χ4n) is 2.71. The topological polar surface area (TPSA) is 63.2 Å². The molecule has 1 atom stereocenters. The molecule has 0 aliphatic rings. The van der Waals surface area contributed by atoms with Gasteiger partial charge in [-0.2, -0.15) is 0 Å². The first-order valence-corrected chi connectivity index (χ1v) is 10.1. The SMILES string of the molecule is COc1cc(CNCCOc2ccccc2)ccc1OC[C@@H](O)CN(C)C(C)C. The quantitative estimate of drug-likeness (QED) is 0.503. The van der Waals surface area contributed by atoms with Crippen LogP contribution in [0.4, 0.5) is 0 Å². The van der Waals surface area contributed by atoms with E-state index in [0.717, 1.165) is 17.9 Å². The second kappa shape index (κ2) is 12.3. The van der Waals surface area contributed by atoms with Crippen molar-refractivity contribution < 1.29 is 19.3 Å². The van der Waals surface area contributed by atoms with E-state index in [1.165, 1.54) is 0 Å². The van der Waals surface area contributed by atoms with Crippen LogP contribution in [0.15, 0.2) is 48.5 Å². The number of aliphatic hydroxyl groups excluding tert-OH is 1. The molecule has 0 amide bonds. The molecule has 0 aliphatic carbocycles. The molecule has 6 nitrogen and oxygen atoms in total. The van der Waals surface area contributed by atoms with E-state index in [-0.39, 0.29) is 6.61 Å². The third-order valence-corrected chi connectivity index (χ3v) is 4.66. The Kier molecular flexibility index (Phi) is 9.77. The van der Waals surface area contributed by atoms with Gasteiger partial charge >= 0.3 is 0 Å². The van der Waals surface area contributed by atoms with E-state index in [1.807, 2.05) is 55.6 Å². The average molecular weight is 403 g/mol. The van der Waals surface area contributed by atoms with E-state index < -0.39 is 6.10 Å². The highest BCUT2D eigenvalue weighted by atomic mass is 16.5. The molecule has 0 saturated carbocycles. The molecule has 2 aromatic rings. The Labute approximate surface area is 174 Å². The number of hydrogen-bond acceptors (Lipinski definition) is 6. The van der Waals surface area contributed by atoms with Gasteiger partial charge in [-0.05, 0) is 50.7 Å². The van der Waals surface area contributed by atoms with E-state index in [1.54, 1.807) is 7.11 Å². The van der Waals surface area contributed by atoms with E-state index in [0.29, 0.717) is 37.2 Å². The summed E-state index contributed by atoms with van der Waals surface area (Å²) in [6.45, 7) is 7.02. The highest BCUT2D eigenvalue weighted by Crippen LogP contribution is 2.28. The summed E-state index contributed by atoms with van der Waals surface area (Å²) in [5.74, 6) is 2.17. The van der Waals surface area contributed by atoms with Crippen molar-refractivity contribution in [3.63, 3.8) is 0 Å². The Bertz CT molecular complexity index is 709. The van der Waals surface area contributed by atoms with Gasteiger partial charge in [-0.25, -0.2) is 0 Å². The van der Waals surface area contributed by atoms with Gasteiger partial charge in [0.2, 0.25) is 0 Å². The monoisotopic (exact) mass is 402 g/mol. The Hall–Kier alpha value is -2.28. The van der Waals surface area contributed by atoms with Crippen molar-refractivity contribution in [2.24, 2.45) is 0 Å². The van der Waals surface area contributed by atoms with Gasteiger partial charge in [-0.1, -0.05) is 24.3 Å². The summed E-state index contributed by atoms with van der Waals surface area (Å²) < 4.78 is 16.9. The van der Waals surface area contributed by atoms with Gasteiger partial charge in [0.1, 0.15) is 25.1 Å². The summed E-state index contributed by atoms with van der Waals surface area (Å²) in [6.07, 6.45) is -0.557. The van der Waals surface area contributed by atoms with E-state index >= 15 is 0 Å². The minimum Gasteiger partial charge on any atom is -0.493 e. The zero-order valence-electron chi connectivity index (χ0n) is 17.9. The summed E-state index contributed by atoms with van der Waals surface area (Å²) in [4.78, 5) is 2.08. The third kappa shape index (κ3) is 8.31. The predicted octanol–water partition coefficient (Wildman–Crippen LogP) is 2.94. The van der Waals surface area contributed by atoms with Crippen molar-refractivity contribution in [3.8, 4) is 17.2 Å². The van der Waals surface area contributed by atoms with Crippen LogP contribution in [0.1, 0.15) is 19.4 Å². The van der Waals surface area contributed by atoms with Crippen molar-refractivity contribution in [1.82, 2.24) is 10.2 Å². The van der Waals surface area contributed by atoms with E-state index in [2.05, 4.69) is 24.1 Å². The van der Waals surface area contributed by atoms with Gasteiger partial charge in [0.15, 0.2) is 11.5 Å². The number of nitrogens with zero attached hydrogens (tertiary/aromatic N) is 1. The molecular weight excluding hydrogens is 368 g/mol. The summed E-state index contributed by atoms with van der Waals surface area (Å²) >= 11 is 0. The van der Waals surface area contributed by atoms with Crippen LogP contribution >= 0.6 is 0 Å². The Morgan fingerprint density at radius 3 is 2.48 bits per heavy atom. The van der Waals surface area contributed by atoms with Crippen LogP contribution in [-0.2, 0) is 6.54 Å². The zero-order valence-corrected chi connectivity index (χ0v) is 17.9. The molecule has 29 heavy (non-hydrogen) atoms. The first-order valence-electron chi connectivity index (χ1n) is 10.1. The smallest absolute Gasteiger partial charge is 0.161 e. The van der Waals surface area contributed by atoms with Crippen molar-refractivity contribution in [1.29, 1.82) is 0 Å². The molecular formula is C23H34N2O4. The molecule has 0 aromatic heterocycles. The molecule has 0 saturated heterocycles. The lowest BCUT2D eigenvalue weighted by atomic mass is 10.2. The number of rotatable bonds is 13. The molecule has 0 unspecified atom stereocenters. The lowest BCUT2D eigenvalue weighted by Crippen LogP contribution is -2.36. The Morgan fingerprint density at radius 2 is 1.79 bits per heavy atom. The number of ether oxygens (including phenoxy) is 3. The number of methoxy groups -OCH3 is 1. The normalized spacial score (nSPS) is 12.2. The van der Waals surface area contributed by atoms with Crippen LogP contribution in [0.3, 0.4) is 0 Å². The molecule has 0 spiro atoms. The molecule has 6 heteroatoms. The lowest BCUT2D eigenvalue weighted by Gasteiger charge is -2.24. The number of benzene rings is 2. The molecule has 160 valence electrons. The maximum atomic E-state index is 10.2. The second-order valence-electron chi connectivity index (χ2n) is 7.32. The Balaban J connectivity index is 1.75. The van der Waals surface area contributed by atoms with Gasteiger partial charge < -0.3 is 29.5 Å². The fraction of sp³-hybridized carbons (Fsp3) is 0.478. The predicted molar refractivity (Wildman–Crippen MR) is 116 cm³/mol. The molecule has 2 aromatic carbocycles. The number of likely N-dealkylation sites (N-methyl/N-ethyl adjacent to an activating group) is 1. The van der Waals surface area contributed by atoms with E-state index in [9.17, 15) is 5.11 Å². The standard InChI is InChI=1S/C23H34N2O4/c1-18(2)25(3)16-20(26)17-29-22-11-10-19(14-23(22)27-4)15-24-12-13-28-21-8-6-5-7-9-21/h5-11,14,18,20,24,26H,12-13,15-17H2,1-4H3/t20-/m0/s1. The van der Waals surface area contributed by atoms with Gasteiger partial charge in [0, 0.05) is 25.7 Å². The van der Waals surface area contributed by atoms with Crippen molar-refractivity contribution in [2.75, 3.05) is 40.5 Å². The first kappa shape index (κ1) is 23.0. The minimum atomic E-state index is -0.557. The summed E-state index contributed by atoms with van der Waals surface area (Å²) in [6, 6.07) is 16.0. The largest absolute Gasteiger partial charge is 0.493 e. The van der Waals surface area contributed by atoms with Crippen molar-refractivity contribution in [2.45, 2.75) is 32.5 Å². The molecule has 2 N–H and O–H groups in total.